The number of rotatable bonds is 3. The smallest absolute Gasteiger partial charge is 0.150 e. The second-order valence-electron chi connectivity index (χ2n) is 3.21. The zero-order valence-corrected chi connectivity index (χ0v) is 8.49. The maximum absolute atomic E-state index is 10.8. The molecule has 2 nitrogen and oxygen atoms in total. The highest BCUT2D eigenvalue weighted by atomic mass is 16.1. The van der Waals surface area contributed by atoms with Crippen LogP contribution < -0.4 is 0 Å². The number of hydrogen-bond acceptors (Lipinski definition) is 2. The van der Waals surface area contributed by atoms with E-state index in [1.165, 1.54) is 0 Å². The third kappa shape index (κ3) is 1.90. The second-order valence-corrected chi connectivity index (χ2v) is 3.21. The minimum Gasteiger partial charge on any atom is -0.302 e. The third-order valence-corrected chi connectivity index (χ3v) is 2.45. The van der Waals surface area contributed by atoms with Crippen molar-refractivity contribution in [3.05, 3.63) is 34.9 Å². The fourth-order valence-corrected chi connectivity index (χ4v) is 1.60. The molecule has 0 aromatic carbocycles. The molecule has 74 valence electrons. The number of aldehydes is 2. The lowest BCUT2D eigenvalue weighted by Gasteiger charge is -2.17. The van der Waals surface area contributed by atoms with Gasteiger partial charge in [0.15, 0.2) is 0 Å². The summed E-state index contributed by atoms with van der Waals surface area (Å²) in [6.07, 6.45) is 8.07. The zero-order valence-electron chi connectivity index (χ0n) is 8.49. The largest absolute Gasteiger partial charge is 0.302 e. The Kier molecular flexibility index (Phi) is 3.57. The quantitative estimate of drug-likeness (QED) is 0.639. The summed E-state index contributed by atoms with van der Waals surface area (Å²) in [4.78, 5) is 21.5. The number of carbonyl (C=O) groups is 2. The fraction of sp³-hybridized carbons (Fsp3) is 0.333. The highest BCUT2D eigenvalue weighted by Gasteiger charge is 2.17. The highest BCUT2D eigenvalue weighted by molar-refractivity contribution is 5.84. The van der Waals surface area contributed by atoms with Gasteiger partial charge in [-0.3, -0.25) is 4.79 Å². The van der Waals surface area contributed by atoms with Crippen molar-refractivity contribution in [1.82, 2.24) is 0 Å². The molecule has 0 aliphatic heterocycles. The van der Waals surface area contributed by atoms with Crippen LogP contribution in [0.1, 0.15) is 20.3 Å². The van der Waals surface area contributed by atoms with Gasteiger partial charge < -0.3 is 4.79 Å². The Morgan fingerprint density at radius 3 is 2.57 bits per heavy atom. The Balaban J connectivity index is 3.12. The molecule has 1 unspecified atom stereocenters. The van der Waals surface area contributed by atoms with E-state index in [1.54, 1.807) is 6.08 Å². The van der Waals surface area contributed by atoms with E-state index < -0.39 is 0 Å². The average Bonchev–Trinajstić information content (AvgIpc) is 2.26. The molecular weight excluding hydrogens is 176 g/mol. The van der Waals surface area contributed by atoms with Crippen molar-refractivity contribution >= 4 is 12.6 Å². The van der Waals surface area contributed by atoms with Crippen molar-refractivity contribution in [3.63, 3.8) is 0 Å². The molecule has 0 spiro atoms. The monoisotopic (exact) mass is 190 g/mol. The van der Waals surface area contributed by atoms with Crippen LogP contribution in [-0.4, -0.2) is 12.6 Å². The summed E-state index contributed by atoms with van der Waals surface area (Å²) < 4.78 is 0. The van der Waals surface area contributed by atoms with E-state index in [2.05, 4.69) is 0 Å². The molecule has 0 aromatic rings. The van der Waals surface area contributed by atoms with Gasteiger partial charge in [0.25, 0.3) is 0 Å². The van der Waals surface area contributed by atoms with Crippen LogP contribution in [0, 0.1) is 5.92 Å². The number of carbonyl (C=O) groups excluding carboxylic acids is 2. The Hall–Kier alpha value is -1.44. The third-order valence-electron chi connectivity index (χ3n) is 2.45. The SMILES string of the molecule is C/C=C1/C=C(C=O)C(CC)=CC1C=O. The van der Waals surface area contributed by atoms with Crippen LogP contribution in [0.3, 0.4) is 0 Å². The summed E-state index contributed by atoms with van der Waals surface area (Å²) in [5, 5.41) is 0. The summed E-state index contributed by atoms with van der Waals surface area (Å²) in [6.45, 7) is 3.85. The Morgan fingerprint density at radius 2 is 2.14 bits per heavy atom. The van der Waals surface area contributed by atoms with Crippen LogP contribution in [0.2, 0.25) is 0 Å². The first-order chi connectivity index (χ1) is 6.76. The summed E-state index contributed by atoms with van der Waals surface area (Å²) in [5.74, 6) is -0.182. The van der Waals surface area contributed by atoms with Gasteiger partial charge in [0.05, 0.1) is 5.92 Å². The molecule has 0 radical (unpaired) electrons. The van der Waals surface area contributed by atoms with Gasteiger partial charge in [-0.25, -0.2) is 0 Å². The minimum absolute atomic E-state index is 0.182. The summed E-state index contributed by atoms with van der Waals surface area (Å²) in [7, 11) is 0. The molecule has 0 saturated heterocycles. The standard InChI is InChI=1S/C12H14O2/c1-3-9-5-12(8-14)10(4-2)6-11(9)7-13/h3,5-8,11H,4H2,1-2H3/b9-3-. The number of hydrogen-bond donors (Lipinski definition) is 0. The molecule has 0 bridgehead atoms. The molecule has 1 aliphatic carbocycles. The van der Waals surface area contributed by atoms with E-state index in [1.807, 2.05) is 26.0 Å². The zero-order chi connectivity index (χ0) is 10.6. The van der Waals surface area contributed by atoms with Crippen LogP contribution in [-0.2, 0) is 9.59 Å². The summed E-state index contributed by atoms with van der Waals surface area (Å²) >= 11 is 0. The van der Waals surface area contributed by atoms with Gasteiger partial charge in [-0.2, -0.15) is 0 Å². The van der Waals surface area contributed by atoms with Crippen molar-refractivity contribution in [2.75, 3.05) is 0 Å². The molecule has 0 N–H and O–H groups in total. The van der Waals surface area contributed by atoms with Crippen LogP contribution >= 0.6 is 0 Å². The lowest BCUT2D eigenvalue weighted by molar-refractivity contribution is -0.109. The van der Waals surface area contributed by atoms with E-state index in [-0.39, 0.29) is 5.92 Å². The highest BCUT2D eigenvalue weighted by Crippen LogP contribution is 2.26. The Morgan fingerprint density at radius 1 is 1.43 bits per heavy atom. The Labute approximate surface area is 84.0 Å². The molecule has 1 aliphatic rings. The average molecular weight is 190 g/mol. The van der Waals surface area contributed by atoms with Gasteiger partial charge in [0.1, 0.15) is 12.6 Å². The van der Waals surface area contributed by atoms with Crippen LogP contribution in [0.5, 0.6) is 0 Å². The van der Waals surface area contributed by atoms with Gasteiger partial charge in [-0.05, 0) is 30.6 Å². The van der Waals surface area contributed by atoms with Gasteiger partial charge in [-0.15, -0.1) is 0 Å². The van der Waals surface area contributed by atoms with Crippen molar-refractivity contribution in [1.29, 1.82) is 0 Å². The molecule has 1 atom stereocenters. The summed E-state index contributed by atoms with van der Waals surface area (Å²) in [6, 6.07) is 0. The van der Waals surface area contributed by atoms with Gasteiger partial charge >= 0.3 is 0 Å². The molecule has 0 fully saturated rings. The van der Waals surface area contributed by atoms with Crippen molar-refractivity contribution in [3.8, 4) is 0 Å². The van der Waals surface area contributed by atoms with E-state index in [0.717, 1.165) is 30.1 Å². The lowest BCUT2D eigenvalue weighted by atomic mass is 9.86. The first kappa shape index (κ1) is 10.6. The maximum atomic E-state index is 10.8. The fourth-order valence-electron chi connectivity index (χ4n) is 1.60. The van der Waals surface area contributed by atoms with Crippen molar-refractivity contribution in [2.24, 2.45) is 5.92 Å². The predicted molar refractivity (Wildman–Crippen MR) is 55.8 cm³/mol. The molecular formula is C12H14O2. The van der Waals surface area contributed by atoms with Gasteiger partial charge in [0, 0.05) is 5.57 Å². The first-order valence-electron chi connectivity index (χ1n) is 4.76. The van der Waals surface area contributed by atoms with Crippen molar-refractivity contribution < 1.29 is 9.59 Å². The van der Waals surface area contributed by atoms with Crippen LogP contribution in [0.15, 0.2) is 34.9 Å². The van der Waals surface area contributed by atoms with E-state index >= 15 is 0 Å². The number of allylic oxidation sites excluding steroid dienone is 6. The molecule has 1 rings (SSSR count). The molecule has 0 saturated carbocycles. The summed E-state index contributed by atoms with van der Waals surface area (Å²) in [5.41, 5.74) is 2.56. The van der Waals surface area contributed by atoms with Crippen LogP contribution in [0.4, 0.5) is 0 Å². The molecule has 0 aromatic heterocycles. The lowest BCUT2D eigenvalue weighted by Crippen LogP contribution is -2.09. The minimum atomic E-state index is -0.182. The van der Waals surface area contributed by atoms with E-state index in [9.17, 15) is 9.59 Å². The second kappa shape index (κ2) is 4.70. The Bertz CT molecular complexity index is 332. The normalized spacial score (nSPS) is 24.1. The van der Waals surface area contributed by atoms with E-state index in [4.69, 9.17) is 0 Å². The topological polar surface area (TPSA) is 34.1 Å². The molecule has 2 heteroatoms. The van der Waals surface area contributed by atoms with Crippen LogP contribution in [0.25, 0.3) is 0 Å². The molecule has 0 heterocycles. The molecule has 14 heavy (non-hydrogen) atoms. The van der Waals surface area contributed by atoms with Crippen molar-refractivity contribution in [2.45, 2.75) is 20.3 Å². The molecule has 0 amide bonds. The van der Waals surface area contributed by atoms with E-state index in [0.29, 0.717) is 5.57 Å². The maximum Gasteiger partial charge on any atom is 0.150 e. The first-order valence-corrected chi connectivity index (χ1v) is 4.76. The van der Waals surface area contributed by atoms with Gasteiger partial charge in [0.2, 0.25) is 0 Å². The predicted octanol–water partition coefficient (Wildman–Crippen LogP) is 2.22. The van der Waals surface area contributed by atoms with Gasteiger partial charge in [-0.1, -0.05) is 19.1 Å².